The highest BCUT2D eigenvalue weighted by Gasteiger charge is 2.41. The highest BCUT2D eigenvalue weighted by atomic mass is 16.4. The number of nitrogens with one attached hydrogen (secondary N) is 1. The molecule has 0 radical (unpaired) electrons. The topological polar surface area (TPSA) is 49.3 Å². The van der Waals surface area contributed by atoms with Crippen LogP contribution in [0.5, 0.6) is 0 Å². The van der Waals surface area contributed by atoms with Gasteiger partial charge in [0.2, 0.25) is 0 Å². The number of piperidine rings is 1. The Hall–Kier alpha value is -1.35. The number of carboxylic acid groups (broad SMARTS) is 1. The van der Waals surface area contributed by atoms with E-state index in [1.54, 1.807) is 0 Å². The van der Waals surface area contributed by atoms with Crippen molar-refractivity contribution in [2.45, 2.75) is 32.1 Å². The van der Waals surface area contributed by atoms with Gasteiger partial charge in [-0.3, -0.25) is 4.79 Å². The second-order valence-electron chi connectivity index (χ2n) is 4.94. The number of aliphatic carboxylic acids is 1. The highest BCUT2D eigenvalue weighted by molar-refractivity contribution is 5.81. The Morgan fingerprint density at radius 3 is 2.41 bits per heavy atom. The van der Waals surface area contributed by atoms with E-state index >= 15 is 0 Å². The predicted octanol–water partition coefficient (Wildman–Crippen LogP) is 2.01. The maximum atomic E-state index is 11.6. The Kier molecular flexibility index (Phi) is 3.20. The molecule has 1 aliphatic heterocycles. The summed E-state index contributed by atoms with van der Waals surface area (Å²) >= 11 is 0. The minimum absolute atomic E-state index is 0.671. The van der Waals surface area contributed by atoms with Gasteiger partial charge in [-0.15, -0.1) is 0 Å². The monoisotopic (exact) mass is 233 g/mol. The highest BCUT2D eigenvalue weighted by Crippen LogP contribution is 2.34. The van der Waals surface area contributed by atoms with E-state index < -0.39 is 11.4 Å². The van der Waals surface area contributed by atoms with Crippen molar-refractivity contribution in [1.82, 2.24) is 5.32 Å². The Balaban J connectivity index is 2.45. The van der Waals surface area contributed by atoms with Crippen LogP contribution < -0.4 is 5.32 Å². The van der Waals surface area contributed by atoms with Crippen LogP contribution in [-0.2, 0) is 10.2 Å². The summed E-state index contributed by atoms with van der Waals surface area (Å²) in [6.45, 7) is 5.64. The van der Waals surface area contributed by atoms with Crippen molar-refractivity contribution in [3.63, 3.8) is 0 Å². The lowest BCUT2D eigenvalue weighted by Gasteiger charge is -2.34. The number of hydrogen-bond donors (Lipinski definition) is 2. The van der Waals surface area contributed by atoms with E-state index in [1.807, 2.05) is 25.1 Å². The van der Waals surface area contributed by atoms with Crippen LogP contribution in [0.1, 0.15) is 29.5 Å². The molecule has 1 heterocycles. The Morgan fingerprint density at radius 1 is 1.24 bits per heavy atom. The molecule has 0 amide bonds. The van der Waals surface area contributed by atoms with Crippen molar-refractivity contribution in [3.05, 3.63) is 34.9 Å². The molecule has 0 spiro atoms. The second-order valence-corrected chi connectivity index (χ2v) is 4.94. The van der Waals surface area contributed by atoms with Gasteiger partial charge in [0.05, 0.1) is 5.41 Å². The standard InChI is InChI=1S/C14H19NO2/c1-10-3-4-12(9-11(10)2)14(13(16)17)5-7-15-8-6-14/h3-4,9,15H,5-8H2,1-2H3,(H,16,17). The smallest absolute Gasteiger partial charge is 0.314 e. The fourth-order valence-electron chi connectivity index (χ4n) is 2.52. The third-order valence-electron chi connectivity index (χ3n) is 3.93. The molecule has 0 aromatic heterocycles. The zero-order chi connectivity index (χ0) is 12.5. The Labute approximate surface area is 102 Å². The van der Waals surface area contributed by atoms with Gasteiger partial charge < -0.3 is 10.4 Å². The normalized spacial score (nSPS) is 18.9. The zero-order valence-corrected chi connectivity index (χ0v) is 10.4. The van der Waals surface area contributed by atoms with Crippen LogP contribution in [0.3, 0.4) is 0 Å². The van der Waals surface area contributed by atoms with Crippen LogP contribution in [0.25, 0.3) is 0 Å². The molecular formula is C14H19NO2. The molecule has 92 valence electrons. The molecule has 0 aliphatic carbocycles. The first kappa shape index (κ1) is 12.1. The van der Waals surface area contributed by atoms with E-state index in [4.69, 9.17) is 0 Å². The lowest BCUT2D eigenvalue weighted by Crippen LogP contribution is -2.45. The van der Waals surface area contributed by atoms with Gasteiger partial charge in [0.25, 0.3) is 0 Å². The van der Waals surface area contributed by atoms with Crippen molar-refractivity contribution < 1.29 is 9.90 Å². The largest absolute Gasteiger partial charge is 0.481 e. The van der Waals surface area contributed by atoms with Crippen molar-refractivity contribution in [1.29, 1.82) is 0 Å². The molecule has 1 fully saturated rings. The Morgan fingerprint density at radius 2 is 1.88 bits per heavy atom. The van der Waals surface area contributed by atoms with Crippen LogP contribution >= 0.6 is 0 Å². The molecule has 3 heteroatoms. The lowest BCUT2D eigenvalue weighted by atomic mass is 9.72. The summed E-state index contributed by atoms with van der Waals surface area (Å²) in [5.74, 6) is -0.692. The molecule has 1 aromatic rings. The maximum Gasteiger partial charge on any atom is 0.314 e. The van der Waals surface area contributed by atoms with Gasteiger partial charge >= 0.3 is 5.97 Å². The summed E-state index contributed by atoms with van der Waals surface area (Å²) in [6.07, 6.45) is 1.34. The molecule has 0 atom stereocenters. The van der Waals surface area contributed by atoms with Crippen LogP contribution in [0.15, 0.2) is 18.2 Å². The first-order valence-electron chi connectivity index (χ1n) is 6.08. The van der Waals surface area contributed by atoms with E-state index in [0.29, 0.717) is 12.8 Å². The lowest BCUT2D eigenvalue weighted by molar-refractivity contribution is -0.145. The fraction of sp³-hybridized carbons (Fsp3) is 0.500. The summed E-state index contributed by atoms with van der Waals surface area (Å²) < 4.78 is 0. The number of aryl methyl sites for hydroxylation is 2. The molecule has 17 heavy (non-hydrogen) atoms. The van der Waals surface area contributed by atoms with Crippen LogP contribution in [-0.4, -0.2) is 24.2 Å². The molecule has 2 N–H and O–H groups in total. The van der Waals surface area contributed by atoms with Crippen LogP contribution in [0.4, 0.5) is 0 Å². The van der Waals surface area contributed by atoms with Crippen molar-refractivity contribution in [2.24, 2.45) is 0 Å². The van der Waals surface area contributed by atoms with E-state index in [9.17, 15) is 9.90 Å². The first-order chi connectivity index (χ1) is 8.06. The molecule has 0 unspecified atom stereocenters. The molecular weight excluding hydrogens is 214 g/mol. The van der Waals surface area contributed by atoms with E-state index in [-0.39, 0.29) is 0 Å². The van der Waals surface area contributed by atoms with Gasteiger partial charge in [0.1, 0.15) is 0 Å². The average Bonchev–Trinajstić information content (AvgIpc) is 2.33. The number of carbonyl (C=O) groups is 1. The third-order valence-corrected chi connectivity index (χ3v) is 3.93. The zero-order valence-electron chi connectivity index (χ0n) is 10.4. The predicted molar refractivity (Wildman–Crippen MR) is 67.3 cm³/mol. The van der Waals surface area contributed by atoms with E-state index in [1.165, 1.54) is 11.1 Å². The van der Waals surface area contributed by atoms with Crippen molar-refractivity contribution in [3.8, 4) is 0 Å². The quantitative estimate of drug-likeness (QED) is 0.821. The fourth-order valence-corrected chi connectivity index (χ4v) is 2.52. The van der Waals surface area contributed by atoms with Crippen molar-refractivity contribution >= 4 is 5.97 Å². The SMILES string of the molecule is Cc1ccc(C2(C(=O)O)CCNCC2)cc1C. The minimum atomic E-state index is -0.692. The van der Waals surface area contributed by atoms with Gasteiger partial charge in [-0.25, -0.2) is 0 Å². The van der Waals surface area contributed by atoms with Gasteiger partial charge in [0.15, 0.2) is 0 Å². The van der Waals surface area contributed by atoms with Crippen LogP contribution in [0.2, 0.25) is 0 Å². The number of hydrogen-bond acceptors (Lipinski definition) is 2. The van der Waals surface area contributed by atoms with Gasteiger partial charge in [-0.05, 0) is 56.5 Å². The van der Waals surface area contributed by atoms with E-state index in [2.05, 4.69) is 12.2 Å². The minimum Gasteiger partial charge on any atom is -0.481 e. The summed E-state index contributed by atoms with van der Waals surface area (Å²) in [5, 5.41) is 12.8. The molecule has 0 bridgehead atoms. The van der Waals surface area contributed by atoms with Crippen LogP contribution in [0, 0.1) is 13.8 Å². The van der Waals surface area contributed by atoms with E-state index in [0.717, 1.165) is 18.7 Å². The number of benzene rings is 1. The average molecular weight is 233 g/mol. The molecule has 1 saturated heterocycles. The molecule has 1 aromatic carbocycles. The number of rotatable bonds is 2. The summed E-state index contributed by atoms with van der Waals surface area (Å²) in [6, 6.07) is 6.04. The first-order valence-corrected chi connectivity index (χ1v) is 6.08. The summed E-state index contributed by atoms with van der Waals surface area (Å²) in [7, 11) is 0. The van der Waals surface area contributed by atoms with Gasteiger partial charge in [-0.2, -0.15) is 0 Å². The van der Waals surface area contributed by atoms with Gasteiger partial charge in [0, 0.05) is 0 Å². The molecule has 0 saturated carbocycles. The van der Waals surface area contributed by atoms with Crippen molar-refractivity contribution in [2.75, 3.05) is 13.1 Å². The Bertz CT molecular complexity index is 434. The molecule has 3 nitrogen and oxygen atoms in total. The molecule has 2 rings (SSSR count). The maximum absolute atomic E-state index is 11.6. The van der Waals surface area contributed by atoms with Gasteiger partial charge in [-0.1, -0.05) is 18.2 Å². The summed E-state index contributed by atoms with van der Waals surface area (Å²) in [4.78, 5) is 11.6. The summed E-state index contributed by atoms with van der Waals surface area (Å²) in [5.41, 5.74) is 2.64. The number of carboxylic acids is 1. The molecule has 1 aliphatic rings. The third kappa shape index (κ3) is 2.07. The second kappa shape index (κ2) is 4.49.